The Balaban J connectivity index is 2.42. The third-order valence-electron chi connectivity index (χ3n) is 3.19. The number of terminal acetylenes is 1. The molecule has 0 aliphatic rings. The summed E-state index contributed by atoms with van der Waals surface area (Å²) in [5, 5.41) is 2.48. The number of hydrogen-bond donors (Lipinski definition) is 1. The van der Waals surface area contributed by atoms with Gasteiger partial charge >= 0.3 is 6.18 Å². The van der Waals surface area contributed by atoms with Crippen molar-refractivity contribution in [2.75, 3.05) is 5.32 Å². The second-order valence-corrected chi connectivity index (χ2v) is 4.62. The molecule has 0 saturated heterocycles. The zero-order valence-electron chi connectivity index (χ0n) is 11.7. The van der Waals surface area contributed by atoms with Crippen LogP contribution in [0, 0.1) is 19.3 Å². The molecule has 0 radical (unpaired) electrons. The fraction of sp³-hybridized carbons (Fsp3) is 0.118. The number of halogens is 3. The van der Waals surface area contributed by atoms with Crippen molar-refractivity contribution in [1.82, 2.24) is 0 Å². The maximum absolute atomic E-state index is 13.1. The van der Waals surface area contributed by atoms with Gasteiger partial charge in [-0.05, 0) is 36.8 Å². The summed E-state index contributed by atoms with van der Waals surface area (Å²) in [6.07, 6.45) is 0.537. The molecule has 1 N–H and O–H groups in total. The second kappa shape index (κ2) is 5.94. The summed E-state index contributed by atoms with van der Waals surface area (Å²) < 4.78 is 39.4. The van der Waals surface area contributed by atoms with E-state index in [0.29, 0.717) is 5.56 Å². The maximum atomic E-state index is 13.1. The first-order valence-electron chi connectivity index (χ1n) is 6.38. The van der Waals surface area contributed by atoms with Crippen molar-refractivity contribution in [3.63, 3.8) is 0 Å². The SMILES string of the molecule is C#Cc1ccc(NC(=O)c2ccccc2)c(C)c1C(F)(F)F. The van der Waals surface area contributed by atoms with Gasteiger partial charge in [0.2, 0.25) is 0 Å². The van der Waals surface area contributed by atoms with Gasteiger partial charge in [0.05, 0.1) is 5.56 Å². The minimum absolute atomic E-state index is 0.0835. The van der Waals surface area contributed by atoms with Crippen molar-refractivity contribution in [1.29, 1.82) is 0 Å². The minimum atomic E-state index is -4.58. The predicted molar refractivity (Wildman–Crippen MR) is 78.5 cm³/mol. The smallest absolute Gasteiger partial charge is 0.322 e. The first kappa shape index (κ1) is 15.6. The molecule has 0 atom stereocenters. The number of hydrogen-bond acceptors (Lipinski definition) is 1. The van der Waals surface area contributed by atoms with E-state index in [1.54, 1.807) is 30.3 Å². The van der Waals surface area contributed by atoms with Gasteiger partial charge in [0.25, 0.3) is 5.91 Å². The van der Waals surface area contributed by atoms with Crippen LogP contribution in [0.1, 0.15) is 27.0 Å². The number of rotatable bonds is 2. The van der Waals surface area contributed by atoms with E-state index in [2.05, 4.69) is 5.32 Å². The molecule has 0 bridgehead atoms. The van der Waals surface area contributed by atoms with Gasteiger partial charge < -0.3 is 5.32 Å². The van der Waals surface area contributed by atoms with E-state index in [4.69, 9.17) is 6.42 Å². The van der Waals surface area contributed by atoms with Crippen LogP contribution in [-0.4, -0.2) is 5.91 Å². The third kappa shape index (κ3) is 3.12. The number of carbonyl (C=O) groups is 1. The fourth-order valence-electron chi connectivity index (χ4n) is 2.12. The van der Waals surface area contributed by atoms with Crippen molar-refractivity contribution in [2.45, 2.75) is 13.1 Å². The molecule has 22 heavy (non-hydrogen) atoms. The normalized spacial score (nSPS) is 10.9. The Kier molecular flexibility index (Phi) is 4.22. The number of amides is 1. The van der Waals surface area contributed by atoms with Crippen LogP contribution >= 0.6 is 0 Å². The lowest BCUT2D eigenvalue weighted by Crippen LogP contribution is -2.16. The highest BCUT2D eigenvalue weighted by molar-refractivity contribution is 6.04. The van der Waals surface area contributed by atoms with E-state index < -0.39 is 17.6 Å². The van der Waals surface area contributed by atoms with Crippen LogP contribution in [0.4, 0.5) is 18.9 Å². The Hall–Kier alpha value is -2.74. The molecule has 2 aromatic rings. The Morgan fingerprint density at radius 3 is 2.32 bits per heavy atom. The van der Waals surface area contributed by atoms with Crippen molar-refractivity contribution in [2.24, 2.45) is 0 Å². The van der Waals surface area contributed by atoms with Crippen molar-refractivity contribution in [3.05, 3.63) is 64.7 Å². The summed E-state index contributed by atoms with van der Waals surface area (Å²) in [6, 6.07) is 10.8. The topological polar surface area (TPSA) is 29.1 Å². The zero-order valence-corrected chi connectivity index (χ0v) is 11.7. The van der Waals surface area contributed by atoms with Crippen LogP contribution in [0.2, 0.25) is 0 Å². The standard InChI is InChI=1S/C17H12F3NO/c1-3-12-9-10-14(11(2)15(12)17(18,19)20)21-16(22)13-7-5-4-6-8-13/h1,4-10H,2H3,(H,21,22). The molecule has 2 nitrogen and oxygen atoms in total. The summed E-state index contributed by atoms with van der Waals surface area (Å²) in [5.41, 5.74) is -0.813. The molecule has 5 heteroatoms. The van der Waals surface area contributed by atoms with E-state index in [0.717, 1.165) is 0 Å². The molecule has 0 fully saturated rings. The molecule has 2 rings (SSSR count). The molecular weight excluding hydrogens is 291 g/mol. The Morgan fingerprint density at radius 2 is 1.77 bits per heavy atom. The first-order valence-corrected chi connectivity index (χ1v) is 6.38. The van der Waals surface area contributed by atoms with Crippen molar-refractivity contribution in [3.8, 4) is 12.3 Å². The number of carbonyl (C=O) groups excluding carboxylic acids is 1. The summed E-state index contributed by atoms with van der Waals surface area (Å²) in [7, 11) is 0. The Bertz CT molecular complexity index is 743. The van der Waals surface area contributed by atoms with Crippen LogP contribution in [0.3, 0.4) is 0 Å². The number of benzene rings is 2. The van der Waals surface area contributed by atoms with Gasteiger partial charge in [-0.3, -0.25) is 4.79 Å². The largest absolute Gasteiger partial charge is 0.417 e. The van der Waals surface area contributed by atoms with Crippen molar-refractivity contribution >= 4 is 11.6 Å². The van der Waals surface area contributed by atoms with Gasteiger partial charge in [-0.25, -0.2) is 0 Å². The van der Waals surface area contributed by atoms with Crippen LogP contribution in [-0.2, 0) is 6.18 Å². The molecule has 0 saturated carbocycles. The molecule has 0 heterocycles. The molecule has 0 spiro atoms. The summed E-state index contributed by atoms with van der Waals surface area (Å²) >= 11 is 0. The third-order valence-corrected chi connectivity index (χ3v) is 3.19. The lowest BCUT2D eigenvalue weighted by atomic mass is 9.99. The summed E-state index contributed by atoms with van der Waals surface area (Å²) in [5.74, 6) is 1.54. The van der Waals surface area contributed by atoms with E-state index >= 15 is 0 Å². The summed E-state index contributed by atoms with van der Waals surface area (Å²) in [4.78, 5) is 12.0. The quantitative estimate of drug-likeness (QED) is 0.826. The summed E-state index contributed by atoms with van der Waals surface area (Å²) in [6.45, 7) is 1.28. The highest BCUT2D eigenvalue weighted by Crippen LogP contribution is 2.37. The highest BCUT2D eigenvalue weighted by Gasteiger charge is 2.36. The molecule has 0 aromatic heterocycles. The van der Waals surface area contributed by atoms with Crippen LogP contribution in [0.15, 0.2) is 42.5 Å². The molecule has 2 aromatic carbocycles. The zero-order chi connectivity index (χ0) is 16.3. The van der Waals surface area contributed by atoms with Gasteiger partial charge in [-0.1, -0.05) is 24.1 Å². The van der Waals surface area contributed by atoms with E-state index in [1.165, 1.54) is 19.1 Å². The lowest BCUT2D eigenvalue weighted by molar-refractivity contribution is -0.138. The van der Waals surface area contributed by atoms with Crippen molar-refractivity contribution < 1.29 is 18.0 Å². The monoisotopic (exact) mass is 303 g/mol. The molecular formula is C17H12F3NO. The second-order valence-electron chi connectivity index (χ2n) is 4.62. The van der Waals surface area contributed by atoms with E-state index in [-0.39, 0.29) is 16.8 Å². The van der Waals surface area contributed by atoms with Crippen LogP contribution in [0.25, 0.3) is 0 Å². The lowest BCUT2D eigenvalue weighted by Gasteiger charge is -2.16. The molecule has 1 amide bonds. The number of anilines is 1. The maximum Gasteiger partial charge on any atom is 0.417 e. The molecule has 0 unspecified atom stereocenters. The molecule has 0 aliphatic heterocycles. The Labute approximate surface area is 126 Å². The van der Waals surface area contributed by atoms with Gasteiger partial charge in [0, 0.05) is 16.8 Å². The Morgan fingerprint density at radius 1 is 1.14 bits per heavy atom. The average Bonchev–Trinajstić information content (AvgIpc) is 2.48. The minimum Gasteiger partial charge on any atom is -0.322 e. The van der Waals surface area contributed by atoms with E-state index in [9.17, 15) is 18.0 Å². The number of nitrogens with one attached hydrogen (secondary N) is 1. The van der Waals surface area contributed by atoms with Crippen LogP contribution in [0.5, 0.6) is 0 Å². The molecule has 0 aliphatic carbocycles. The van der Waals surface area contributed by atoms with Gasteiger partial charge in [0.15, 0.2) is 0 Å². The number of alkyl halides is 3. The van der Waals surface area contributed by atoms with Gasteiger partial charge in [-0.15, -0.1) is 6.42 Å². The molecule has 112 valence electrons. The van der Waals surface area contributed by atoms with Gasteiger partial charge in [0.1, 0.15) is 0 Å². The highest BCUT2D eigenvalue weighted by atomic mass is 19.4. The average molecular weight is 303 g/mol. The van der Waals surface area contributed by atoms with Gasteiger partial charge in [-0.2, -0.15) is 13.2 Å². The van der Waals surface area contributed by atoms with Crippen LogP contribution < -0.4 is 5.32 Å². The predicted octanol–water partition coefficient (Wildman–Crippen LogP) is 4.25. The van der Waals surface area contributed by atoms with E-state index in [1.807, 2.05) is 5.92 Å². The first-order chi connectivity index (χ1) is 10.3. The fourth-order valence-corrected chi connectivity index (χ4v) is 2.12.